The van der Waals surface area contributed by atoms with Gasteiger partial charge in [-0.25, -0.2) is 0 Å². The van der Waals surface area contributed by atoms with Crippen molar-refractivity contribution in [1.82, 2.24) is 10.5 Å². The zero-order chi connectivity index (χ0) is 18.9. The molecule has 7 heteroatoms. The van der Waals surface area contributed by atoms with Crippen molar-refractivity contribution in [3.8, 4) is 0 Å². The minimum Gasteiger partial charge on any atom is -0.360 e. The number of hydrogen-bond acceptors (Lipinski definition) is 5. The molecule has 0 aliphatic rings. The second-order valence-electron chi connectivity index (χ2n) is 6.22. The molecule has 1 aromatic heterocycles. The van der Waals surface area contributed by atoms with E-state index in [2.05, 4.69) is 34.8 Å². The van der Waals surface area contributed by atoms with Crippen molar-refractivity contribution in [2.24, 2.45) is 0 Å². The normalized spacial score (nSPS) is 13.0. The maximum absolute atomic E-state index is 12.0. The Labute approximate surface area is 158 Å². The Hall–Kier alpha value is -2.28. The third-order valence-electron chi connectivity index (χ3n) is 3.98. The summed E-state index contributed by atoms with van der Waals surface area (Å²) in [5.41, 5.74) is 1.27. The van der Waals surface area contributed by atoms with Crippen LogP contribution in [0.15, 0.2) is 40.9 Å². The number of benzene rings is 1. The van der Waals surface area contributed by atoms with Gasteiger partial charge in [0, 0.05) is 12.6 Å². The number of carbonyl (C=O) groups is 2. The van der Waals surface area contributed by atoms with Gasteiger partial charge in [0.05, 0.1) is 11.0 Å². The zero-order valence-electron chi connectivity index (χ0n) is 15.3. The number of aryl methyl sites for hydroxylation is 1. The number of hydrogen-bond donors (Lipinski definition) is 2. The molecule has 0 spiro atoms. The molecule has 2 unspecified atom stereocenters. The number of aromatic nitrogens is 1. The molecule has 0 saturated carbocycles. The van der Waals surface area contributed by atoms with Crippen molar-refractivity contribution in [2.45, 2.75) is 38.4 Å². The summed E-state index contributed by atoms with van der Waals surface area (Å²) in [4.78, 5) is 24.0. The molecule has 2 amide bonds. The van der Waals surface area contributed by atoms with Crippen LogP contribution in [0.4, 0.5) is 5.82 Å². The van der Waals surface area contributed by atoms with Gasteiger partial charge in [-0.1, -0.05) is 42.4 Å². The van der Waals surface area contributed by atoms with Gasteiger partial charge in [-0.15, -0.1) is 11.8 Å². The third kappa shape index (κ3) is 6.55. The number of nitrogens with one attached hydrogen (secondary N) is 2. The van der Waals surface area contributed by atoms with E-state index in [1.165, 1.54) is 17.3 Å². The molecule has 6 nitrogen and oxygen atoms in total. The Balaban J connectivity index is 1.64. The first-order valence-electron chi connectivity index (χ1n) is 8.63. The van der Waals surface area contributed by atoms with Crippen LogP contribution in [0, 0.1) is 6.92 Å². The van der Waals surface area contributed by atoms with Crippen LogP contribution in [0.1, 0.15) is 37.5 Å². The average molecular weight is 375 g/mol. The van der Waals surface area contributed by atoms with E-state index in [1.54, 1.807) is 19.9 Å². The second-order valence-corrected chi connectivity index (χ2v) is 7.54. The molecule has 0 saturated heterocycles. The lowest BCUT2D eigenvalue weighted by atomic mass is 9.98. The highest BCUT2D eigenvalue weighted by atomic mass is 32.2. The minimum atomic E-state index is -0.360. The molecule has 2 rings (SSSR count). The molecule has 0 bridgehead atoms. The standard InChI is InChI=1S/C19H25N3O3S/c1-13(16-7-5-4-6-8-16)9-10-20-18(23)12-26-15(3)19(24)21-17-11-14(2)25-22-17/h4-8,11,13,15H,9-10,12H2,1-3H3,(H,20,23)(H,21,22,24). The summed E-state index contributed by atoms with van der Waals surface area (Å²) in [6, 6.07) is 11.9. The zero-order valence-corrected chi connectivity index (χ0v) is 16.1. The van der Waals surface area contributed by atoms with Gasteiger partial charge in [0.2, 0.25) is 11.8 Å². The van der Waals surface area contributed by atoms with Crippen LogP contribution >= 0.6 is 11.8 Å². The quantitative estimate of drug-likeness (QED) is 0.702. The number of thioether (sulfide) groups is 1. The van der Waals surface area contributed by atoms with Gasteiger partial charge in [-0.05, 0) is 31.7 Å². The van der Waals surface area contributed by atoms with Crippen molar-refractivity contribution < 1.29 is 14.1 Å². The first-order valence-corrected chi connectivity index (χ1v) is 9.68. The van der Waals surface area contributed by atoms with Gasteiger partial charge < -0.3 is 15.2 Å². The molecule has 0 radical (unpaired) electrons. The Morgan fingerprint density at radius 1 is 1.23 bits per heavy atom. The minimum absolute atomic E-state index is 0.0628. The highest BCUT2D eigenvalue weighted by Gasteiger charge is 2.16. The lowest BCUT2D eigenvalue weighted by Crippen LogP contribution is -2.29. The number of anilines is 1. The maximum atomic E-state index is 12.0. The summed E-state index contributed by atoms with van der Waals surface area (Å²) < 4.78 is 4.90. The monoisotopic (exact) mass is 375 g/mol. The van der Waals surface area contributed by atoms with Crippen LogP contribution in [-0.2, 0) is 9.59 Å². The molecule has 0 aliphatic heterocycles. The summed E-state index contributed by atoms with van der Waals surface area (Å²) in [5.74, 6) is 1.39. The van der Waals surface area contributed by atoms with Gasteiger partial charge in [0.25, 0.3) is 0 Å². The first kappa shape index (κ1) is 20.0. The smallest absolute Gasteiger partial charge is 0.238 e. The number of carbonyl (C=O) groups excluding carboxylic acids is 2. The average Bonchev–Trinajstić information content (AvgIpc) is 3.05. The fourth-order valence-electron chi connectivity index (χ4n) is 2.36. The van der Waals surface area contributed by atoms with Crippen LogP contribution < -0.4 is 10.6 Å². The van der Waals surface area contributed by atoms with E-state index in [-0.39, 0.29) is 22.8 Å². The summed E-state index contributed by atoms with van der Waals surface area (Å²) in [5, 5.41) is 8.94. The van der Waals surface area contributed by atoms with E-state index >= 15 is 0 Å². The summed E-state index contributed by atoms with van der Waals surface area (Å²) in [6.07, 6.45) is 0.877. The molecular weight excluding hydrogens is 350 g/mol. The molecule has 0 aliphatic carbocycles. The summed E-state index contributed by atoms with van der Waals surface area (Å²) >= 11 is 1.29. The summed E-state index contributed by atoms with van der Waals surface area (Å²) in [6.45, 7) is 6.28. The van der Waals surface area contributed by atoms with E-state index in [0.717, 1.165) is 6.42 Å². The lowest BCUT2D eigenvalue weighted by molar-refractivity contribution is -0.118. The van der Waals surface area contributed by atoms with Crippen LogP contribution in [-0.4, -0.2) is 34.5 Å². The van der Waals surface area contributed by atoms with Gasteiger partial charge in [0.15, 0.2) is 5.82 Å². The molecule has 140 valence electrons. The molecule has 2 N–H and O–H groups in total. The van der Waals surface area contributed by atoms with Crippen LogP contribution in [0.5, 0.6) is 0 Å². The Morgan fingerprint density at radius 3 is 2.62 bits per heavy atom. The van der Waals surface area contributed by atoms with Crippen molar-refractivity contribution in [1.29, 1.82) is 0 Å². The highest BCUT2D eigenvalue weighted by molar-refractivity contribution is 8.01. The van der Waals surface area contributed by atoms with Crippen molar-refractivity contribution in [3.05, 3.63) is 47.7 Å². The number of amides is 2. The van der Waals surface area contributed by atoms with Crippen molar-refractivity contribution in [3.63, 3.8) is 0 Å². The molecule has 2 atom stereocenters. The van der Waals surface area contributed by atoms with Crippen LogP contribution in [0.2, 0.25) is 0 Å². The molecule has 1 heterocycles. The second kappa shape index (κ2) is 10.0. The third-order valence-corrected chi connectivity index (χ3v) is 5.12. The fourth-order valence-corrected chi connectivity index (χ4v) is 3.07. The van der Waals surface area contributed by atoms with Gasteiger partial charge in [-0.2, -0.15) is 0 Å². The van der Waals surface area contributed by atoms with E-state index in [9.17, 15) is 9.59 Å². The number of nitrogens with zero attached hydrogens (tertiary/aromatic N) is 1. The Morgan fingerprint density at radius 2 is 1.96 bits per heavy atom. The maximum Gasteiger partial charge on any atom is 0.238 e. The molecule has 0 fully saturated rings. The molecule has 2 aromatic rings. The van der Waals surface area contributed by atoms with E-state index < -0.39 is 0 Å². The summed E-state index contributed by atoms with van der Waals surface area (Å²) in [7, 11) is 0. The van der Waals surface area contributed by atoms with Gasteiger partial charge >= 0.3 is 0 Å². The van der Waals surface area contributed by atoms with Crippen molar-refractivity contribution in [2.75, 3.05) is 17.6 Å². The number of rotatable bonds is 9. The molecule has 1 aromatic carbocycles. The predicted octanol–water partition coefficient (Wildman–Crippen LogP) is 3.35. The molecular formula is C19H25N3O3S. The van der Waals surface area contributed by atoms with Gasteiger partial charge in [0.1, 0.15) is 5.76 Å². The van der Waals surface area contributed by atoms with E-state index in [0.29, 0.717) is 24.0 Å². The topological polar surface area (TPSA) is 84.2 Å². The largest absolute Gasteiger partial charge is 0.360 e. The molecule has 26 heavy (non-hydrogen) atoms. The van der Waals surface area contributed by atoms with Crippen molar-refractivity contribution >= 4 is 29.4 Å². The lowest BCUT2D eigenvalue weighted by Gasteiger charge is -2.13. The SMILES string of the molecule is Cc1cc(NC(=O)C(C)SCC(=O)NCCC(C)c2ccccc2)no1. The van der Waals surface area contributed by atoms with E-state index in [4.69, 9.17) is 4.52 Å². The highest BCUT2D eigenvalue weighted by Crippen LogP contribution is 2.18. The van der Waals surface area contributed by atoms with Gasteiger partial charge in [-0.3, -0.25) is 9.59 Å². The van der Waals surface area contributed by atoms with Crippen LogP contribution in [0.3, 0.4) is 0 Å². The van der Waals surface area contributed by atoms with E-state index in [1.807, 2.05) is 18.2 Å². The Bertz CT molecular complexity index is 718. The fraction of sp³-hybridized carbons (Fsp3) is 0.421. The predicted molar refractivity (Wildman–Crippen MR) is 104 cm³/mol. The first-order chi connectivity index (χ1) is 12.5. The van der Waals surface area contributed by atoms with Crippen LogP contribution in [0.25, 0.3) is 0 Å². The Kier molecular flexibility index (Phi) is 7.72.